The first-order valence-electron chi connectivity index (χ1n) is 14.0. The minimum absolute atomic E-state index is 0.0645. The monoisotopic (exact) mass is 533 g/mol. The second-order valence-electron chi connectivity index (χ2n) is 10.3. The maximum atomic E-state index is 12.0. The van der Waals surface area contributed by atoms with Gasteiger partial charge in [0.15, 0.2) is 0 Å². The molecule has 2 unspecified atom stereocenters. The summed E-state index contributed by atoms with van der Waals surface area (Å²) in [4.78, 5) is 14.2. The number of aliphatic hydroxyl groups is 2. The lowest BCUT2D eigenvalue weighted by Gasteiger charge is -2.26. The van der Waals surface area contributed by atoms with E-state index in [1.807, 2.05) is 24.3 Å². The number of ether oxygens (including phenoxy) is 2. The van der Waals surface area contributed by atoms with Crippen LogP contribution in [0, 0.1) is 17.8 Å². The van der Waals surface area contributed by atoms with E-state index in [-0.39, 0.29) is 23.2 Å². The van der Waals surface area contributed by atoms with E-state index in [0.717, 1.165) is 69.7 Å². The van der Waals surface area contributed by atoms with E-state index in [4.69, 9.17) is 21.1 Å². The Kier molecular flexibility index (Phi) is 13.2. The van der Waals surface area contributed by atoms with Gasteiger partial charge in [-0.2, -0.15) is 0 Å². The van der Waals surface area contributed by atoms with Crippen LogP contribution in [0.2, 0.25) is 0 Å². The lowest BCUT2D eigenvalue weighted by Crippen LogP contribution is -2.38. The molecule has 7 heteroatoms. The zero-order chi connectivity index (χ0) is 26.5. The van der Waals surface area contributed by atoms with Crippen LogP contribution in [0.5, 0.6) is 0 Å². The van der Waals surface area contributed by atoms with Gasteiger partial charge in [-0.25, -0.2) is 0 Å². The number of morpholine rings is 1. The standard InChI is InChI=1S/C30H44ClNO5/c1-2-3-6-10-27(33)23-12-14-24(15-13-23)30-25(26(31)22-28(30)34)9-7-4-5-8-11-29(35)37-21-18-32-16-19-36-20-17-32/h12-15,25-28,30,33-34H,2-3,5-6,8-11,16-22H2,1H3/t25?,26-,27-,28-,30?/m1/s1. The molecule has 1 heterocycles. The predicted octanol–water partition coefficient (Wildman–Crippen LogP) is 4.81. The number of hydrogen-bond acceptors (Lipinski definition) is 6. The van der Waals surface area contributed by atoms with Crippen molar-refractivity contribution in [3.05, 3.63) is 35.4 Å². The molecule has 0 amide bonds. The van der Waals surface area contributed by atoms with Gasteiger partial charge in [-0.15, -0.1) is 23.4 Å². The van der Waals surface area contributed by atoms with Crippen LogP contribution in [-0.2, 0) is 14.3 Å². The molecule has 1 aromatic carbocycles. The number of carbonyl (C=O) groups is 1. The second-order valence-corrected chi connectivity index (χ2v) is 10.8. The Morgan fingerprint density at radius 1 is 1.19 bits per heavy atom. The van der Waals surface area contributed by atoms with Gasteiger partial charge in [0.05, 0.1) is 25.4 Å². The van der Waals surface area contributed by atoms with E-state index in [0.29, 0.717) is 38.7 Å². The third kappa shape index (κ3) is 9.89. The van der Waals surface area contributed by atoms with Gasteiger partial charge in [0.25, 0.3) is 0 Å². The van der Waals surface area contributed by atoms with E-state index in [1.54, 1.807) is 0 Å². The first-order valence-corrected chi connectivity index (χ1v) is 14.4. The minimum atomic E-state index is -0.498. The Bertz CT molecular complexity index is 861. The molecule has 5 atom stereocenters. The molecule has 0 radical (unpaired) electrons. The summed E-state index contributed by atoms with van der Waals surface area (Å²) in [6, 6.07) is 7.99. The summed E-state index contributed by atoms with van der Waals surface area (Å²) in [6.45, 7) is 6.60. The highest BCUT2D eigenvalue weighted by Gasteiger charge is 2.41. The molecule has 2 aliphatic rings. The zero-order valence-corrected chi connectivity index (χ0v) is 23.0. The van der Waals surface area contributed by atoms with E-state index in [2.05, 4.69) is 23.7 Å². The largest absolute Gasteiger partial charge is 0.464 e. The molecule has 206 valence electrons. The Balaban J connectivity index is 1.40. The summed E-state index contributed by atoms with van der Waals surface area (Å²) < 4.78 is 10.7. The average Bonchev–Trinajstić information content (AvgIpc) is 3.19. The number of hydrogen-bond donors (Lipinski definition) is 2. The Hall–Kier alpha value is -1.62. The van der Waals surface area contributed by atoms with Gasteiger partial charge in [-0.3, -0.25) is 9.69 Å². The van der Waals surface area contributed by atoms with Crippen LogP contribution in [0.1, 0.15) is 87.9 Å². The van der Waals surface area contributed by atoms with Crippen molar-refractivity contribution in [3.8, 4) is 11.8 Å². The van der Waals surface area contributed by atoms with Gasteiger partial charge in [0.2, 0.25) is 0 Å². The normalized spacial score (nSPS) is 24.9. The molecule has 1 aliphatic heterocycles. The van der Waals surface area contributed by atoms with Gasteiger partial charge >= 0.3 is 5.97 Å². The first kappa shape index (κ1) is 29.9. The molecule has 1 aliphatic carbocycles. The maximum absolute atomic E-state index is 12.0. The fourth-order valence-electron chi connectivity index (χ4n) is 5.27. The summed E-state index contributed by atoms with van der Waals surface area (Å²) in [5.41, 5.74) is 1.97. The highest BCUT2D eigenvalue weighted by Crippen LogP contribution is 2.44. The number of carbonyl (C=O) groups excluding carboxylic acids is 1. The number of unbranched alkanes of at least 4 members (excludes halogenated alkanes) is 3. The van der Waals surface area contributed by atoms with Crippen molar-refractivity contribution in [1.82, 2.24) is 4.90 Å². The third-order valence-electron chi connectivity index (χ3n) is 7.51. The maximum Gasteiger partial charge on any atom is 0.305 e. The van der Waals surface area contributed by atoms with Crippen molar-refractivity contribution < 1.29 is 24.5 Å². The van der Waals surface area contributed by atoms with Gasteiger partial charge in [-0.1, -0.05) is 50.5 Å². The molecule has 2 N–H and O–H groups in total. The van der Waals surface area contributed by atoms with Crippen molar-refractivity contribution in [1.29, 1.82) is 0 Å². The third-order valence-corrected chi connectivity index (χ3v) is 8.02. The fraction of sp³-hybridized carbons (Fsp3) is 0.700. The van der Waals surface area contributed by atoms with E-state index >= 15 is 0 Å². The Morgan fingerprint density at radius 3 is 2.68 bits per heavy atom. The fourth-order valence-corrected chi connectivity index (χ4v) is 5.69. The van der Waals surface area contributed by atoms with Gasteiger partial charge in [0.1, 0.15) is 6.61 Å². The Labute approximate surface area is 227 Å². The number of nitrogens with zero attached hydrogens (tertiary/aromatic N) is 1. The van der Waals surface area contributed by atoms with Crippen molar-refractivity contribution >= 4 is 17.6 Å². The molecule has 0 aromatic heterocycles. The van der Waals surface area contributed by atoms with Crippen LogP contribution in [0.3, 0.4) is 0 Å². The number of rotatable bonds is 13. The van der Waals surface area contributed by atoms with Gasteiger partial charge in [0, 0.05) is 50.2 Å². The number of benzene rings is 1. The molecule has 1 aromatic rings. The molecule has 0 bridgehead atoms. The summed E-state index contributed by atoms with van der Waals surface area (Å²) in [5, 5.41) is 21.0. The molecule has 6 nitrogen and oxygen atoms in total. The quantitative estimate of drug-likeness (QED) is 0.164. The van der Waals surface area contributed by atoms with Gasteiger partial charge in [-0.05, 0) is 36.3 Å². The lowest BCUT2D eigenvalue weighted by atomic mass is 9.85. The molecular formula is C30H44ClNO5. The summed E-state index contributed by atoms with van der Waals surface area (Å²) in [7, 11) is 0. The molecule has 3 rings (SSSR count). The van der Waals surface area contributed by atoms with Crippen molar-refractivity contribution in [3.63, 3.8) is 0 Å². The molecule has 1 saturated carbocycles. The van der Waals surface area contributed by atoms with Crippen LogP contribution in [0.25, 0.3) is 0 Å². The van der Waals surface area contributed by atoms with Gasteiger partial charge < -0.3 is 19.7 Å². The van der Waals surface area contributed by atoms with E-state index in [1.165, 1.54) is 0 Å². The number of alkyl halides is 1. The molecule has 1 saturated heterocycles. The van der Waals surface area contributed by atoms with Crippen molar-refractivity contribution in [2.75, 3.05) is 39.5 Å². The minimum Gasteiger partial charge on any atom is -0.464 e. The van der Waals surface area contributed by atoms with Crippen LogP contribution >= 0.6 is 11.6 Å². The molecule has 0 spiro atoms. The van der Waals surface area contributed by atoms with Crippen LogP contribution in [0.15, 0.2) is 24.3 Å². The van der Waals surface area contributed by atoms with Crippen molar-refractivity contribution in [2.45, 2.75) is 88.2 Å². The van der Waals surface area contributed by atoms with Crippen LogP contribution in [0.4, 0.5) is 0 Å². The average molecular weight is 534 g/mol. The topological polar surface area (TPSA) is 79.2 Å². The zero-order valence-electron chi connectivity index (χ0n) is 22.2. The molecular weight excluding hydrogens is 490 g/mol. The summed E-state index contributed by atoms with van der Waals surface area (Å²) in [5.74, 6) is 6.24. The van der Waals surface area contributed by atoms with Crippen molar-refractivity contribution in [2.24, 2.45) is 5.92 Å². The highest BCUT2D eigenvalue weighted by molar-refractivity contribution is 6.21. The van der Waals surface area contributed by atoms with E-state index in [9.17, 15) is 15.0 Å². The number of aliphatic hydroxyl groups excluding tert-OH is 2. The highest BCUT2D eigenvalue weighted by atomic mass is 35.5. The Morgan fingerprint density at radius 2 is 1.95 bits per heavy atom. The van der Waals surface area contributed by atoms with Crippen LogP contribution < -0.4 is 0 Å². The smallest absolute Gasteiger partial charge is 0.305 e. The predicted molar refractivity (Wildman–Crippen MR) is 147 cm³/mol. The number of halogens is 1. The summed E-state index contributed by atoms with van der Waals surface area (Å²) >= 11 is 6.62. The number of esters is 1. The summed E-state index contributed by atoms with van der Waals surface area (Å²) in [6.07, 6.45) is 5.96. The van der Waals surface area contributed by atoms with E-state index < -0.39 is 12.2 Å². The van der Waals surface area contributed by atoms with Crippen LogP contribution in [-0.4, -0.2) is 72.0 Å². The first-order chi connectivity index (χ1) is 18.0. The SMILES string of the molecule is CCCCC[C@@H](O)c1ccc(C2C(CC#CCCCC(=O)OCCN3CCOCC3)[C@H](Cl)C[C@H]2O)cc1. The second kappa shape index (κ2) is 16.4. The molecule has 37 heavy (non-hydrogen) atoms. The lowest BCUT2D eigenvalue weighted by molar-refractivity contribution is -0.144. The molecule has 2 fully saturated rings.